The van der Waals surface area contributed by atoms with Crippen molar-refractivity contribution in [3.8, 4) is 0 Å². The number of ether oxygens (including phenoxy) is 3. The first-order valence-electron chi connectivity index (χ1n) is 26.3. The minimum atomic E-state index is -0.786. The Bertz CT molecular complexity index is 1130. The van der Waals surface area contributed by atoms with Crippen molar-refractivity contribution in [2.45, 2.75) is 264 Å². The summed E-state index contributed by atoms with van der Waals surface area (Å²) in [6.45, 7) is 6.55. The standard InChI is InChI=1S/C56H98O6/c1-4-7-10-13-16-19-22-25-26-27-28-29-30-32-34-37-40-43-46-49-55(58)61-52-53(51-60-54(57)48-45-42-39-36-33-24-21-18-15-12-9-6-3)62-56(59)50-47-44-41-38-35-31-23-20-17-14-11-8-5-2/h16,18-21,23,25-26,28-29,53H,4-15,17,22,24,27,30-52H2,1-3H3/b19-16-,21-18-,23-20-,26-25-,29-28-/t53-/m1/s1. The number of unbranched alkanes of at least 4 members (excludes halogenated alkanes) is 26. The van der Waals surface area contributed by atoms with Crippen LogP contribution in [0.15, 0.2) is 60.8 Å². The lowest BCUT2D eigenvalue weighted by molar-refractivity contribution is -0.167. The van der Waals surface area contributed by atoms with E-state index in [0.29, 0.717) is 19.3 Å². The summed E-state index contributed by atoms with van der Waals surface area (Å²) in [4.78, 5) is 38.0. The van der Waals surface area contributed by atoms with E-state index < -0.39 is 6.10 Å². The fraction of sp³-hybridized carbons (Fsp3) is 0.768. The molecule has 0 spiro atoms. The largest absolute Gasteiger partial charge is 0.462 e. The van der Waals surface area contributed by atoms with Gasteiger partial charge in [0, 0.05) is 19.3 Å². The van der Waals surface area contributed by atoms with Gasteiger partial charge < -0.3 is 14.2 Å². The SMILES string of the molecule is CCCCC/C=C\C/C=C\C/C=C\CCCCCCCCC(=O)OC[C@@H](COC(=O)CCCCCCC/C=C\CCCCC)OC(=O)CCCCCCC/C=C\CCCCCC. The third-order valence-corrected chi connectivity index (χ3v) is 11.2. The van der Waals surface area contributed by atoms with Crippen molar-refractivity contribution < 1.29 is 28.6 Å². The van der Waals surface area contributed by atoms with Crippen molar-refractivity contribution in [2.75, 3.05) is 13.2 Å². The topological polar surface area (TPSA) is 78.9 Å². The van der Waals surface area contributed by atoms with Crippen LogP contribution in [0.4, 0.5) is 0 Å². The van der Waals surface area contributed by atoms with Gasteiger partial charge in [-0.3, -0.25) is 14.4 Å². The predicted octanol–water partition coefficient (Wildman–Crippen LogP) is 17.3. The summed E-state index contributed by atoms with van der Waals surface area (Å²) in [5.74, 6) is -0.913. The molecule has 0 bridgehead atoms. The van der Waals surface area contributed by atoms with Crippen molar-refractivity contribution in [3.05, 3.63) is 60.8 Å². The molecule has 0 aromatic heterocycles. The zero-order chi connectivity index (χ0) is 45.1. The van der Waals surface area contributed by atoms with Crippen LogP contribution in [0.2, 0.25) is 0 Å². The first-order chi connectivity index (χ1) is 30.5. The van der Waals surface area contributed by atoms with E-state index >= 15 is 0 Å². The molecule has 0 aliphatic rings. The Hall–Kier alpha value is -2.89. The van der Waals surface area contributed by atoms with Crippen LogP contribution in [0.3, 0.4) is 0 Å². The molecule has 0 aromatic rings. The molecule has 0 saturated carbocycles. The Labute approximate surface area is 383 Å². The number of rotatable bonds is 47. The van der Waals surface area contributed by atoms with Crippen LogP contribution in [0, 0.1) is 0 Å². The van der Waals surface area contributed by atoms with Crippen molar-refractivity contribution in [1.82, 2.24) is 0 Å². The highest BCUT2D eigenvalue weighted by Gasteiger charge is 2.19. The van der Waals surface area contributed by atoms with Crippen LogP contribution in [0.5, 0.6) is 0 Å². The van der Waals surface area contributed by atoms with Gasteiger partial charge in [-0.05, 0) is 109 Å². The number of carbonyl (C=O) groups excluding carboxylic acids is 3. The van der Waals surface area contributed by atoms with Crippen molar-refractivity contribution in [2.24, 2.45) is 0 Å². The zero-order valence-corrected chi connectivity index (χ0v) is 40.9. The van der Waals surface area contributed by atoms with Gasteiger partial charge in [0.05, 0.1) is 0 Å². The molecule has 0 fully saturated rings. The van der Waals surface area contributed by atoms with Gasteiger partial charge in [0.25, 0.3) is 0 Å². The second-order valence-electron chi connectivity index (χ2n) is 17.4. The maximum Gasteiger partial charge on any atom is 0.306 e. The first kappa shape index (κ1) is 59.1. The smallest absolute Gasteiger partial charge is 0.306 e. The summed E-state index contributed by atoms with van der Waals surface area (Å²) >= 11 is 0. The van der Waals surface area contributed by atoms with Gasteiger partial charge in [-0.15, -0.1) is 0 Å². The molecule has 0 aliphatic carbocycles. The Morgan fingerprint density at radius 2 is 0.581 bits per heavy atom. The molecule has 0 aromatic carbocycles. The quantitative estimate of drug-likeness (QED) is 0.0262. The van der Waals surface area contributed by atoms with Gasteiger partial charge >= 0.3 is 17.9 Å². The van der Waals surface area contributed by atoms with Crippen LogP contribution >= 0.6 is 0 Å². The Balaban J connectivity index is 4.38. The van der Waals surface area contributed by atoms with E-state index in [-0.39, 0.29) is 31.1 Å². The van der Waals surface area contributed by atoms with Crippen LogP contribution in [0.25, 0.3) is 0 Å². The number of esters is 3. The average Bonchev–Trinajstić information content (AvgIpc) is 3.27. The highest BCUT2D eigenvalue weighted by atomic mass is 16.6. The molecule has 0 radical (unpaired) electrons. The fourth-order valence-electron chi connectivity index (χ4n) is 7.20. The second-order valence-corrected chi connectivity index (χ2v) is 17.4. The fourth-order valence-corrected chi connectivity index (χ4v) is 7.20. The van der Waals surface area contributed by atoms with Crippen LogP contribution in [-0.2, 0) is 28.6 Å². The van der Waals surface area contributed by atoms with Gasteiger partial charge in [0.2, 0.25) is 0 Å². The molecule has 0 heterocycles. The summed E-state index contributed by atoms with van der Waals surface area (Å²) < 4.78 is 16.8. The van der Waals surface area contributed by atoms with Gasteiger partial charge in [-0.2, -0.15) is 0 Å². The lowest BCUT2D eigenvalue weighted by Crippen LogP contribution is -2.30. The number of hydrogen-bond donors (Lipinski definition) is 0. The molecule has 0 rings (SSSR count). The molecule has 0 aliphatic heterocycles. The van der Waals surface area contributed by atoms with E-state index in [4.69, 9.17) is 14.2 Å². The molecule has 0 saturated heterocycles. The molecule has 0 N–H and O–H groups in total. The maximum atomic E-state index is 12.8. The maximum absolute atomic E-state index is 12.8. The Morgan fingerprint density at radius 3 is 0.952 bits per heavy atom. The monoisotopic (exact) mass is 867 g/mol. The van der Waals surface area contributed by atoms with E-state index in [9.17, 15) is 14.4 Å². The summed E-state index contributed by atoms with van der Waals surface area (Å²) in [7, 11) is 0. The van der Waals surface area contributed by atoms with Gasteiger partial charge in [-0.1, -0.05) is 191 Å². The van der Waals surface area contributed by atoms with Crippen LogP contribution < -0.4 is 0 Å². The van der Waals surface area contributed by atoms with E-state index in [1.807, 2.05) is 0 Å². The van der Waals surface area contributed by atoms with Crippen molar-refractivity contribution in [1.29, 1.82) is 0 Å². The summed E-state index contributed by atoms with van der Waals surface area (Å²) in [6, 6.07) is 0. The molecule has 0 amide bonds. The minimum Gasteiger partial charge on any atom is -0.462 e. The molecule has 6 heteroatoms. The van der Waals surface area contributed by atoms with Crippen molar-refractivity contribution >= 4 is 17.9 Å². The molecular weight excluding hydrogens is 769 g/mol. The number of allylic oxidation sites excluding steroid dienone is 10. The van der Waals surface area contributed by atoms with Gasteiger partial charge in [0.15, 0.2) is 6.10 Å². The van der Waals surface area contributed by atoms with Crippen LogP contribution in [-0.4, -0.2) is 37.2 Å². The van der Waals surface area contributed by atoms with E-state index in [0.717, 1.165) is 96.3 Å². The molecule has 6 nitrogen and oxygen atoms in total. The van der Waals surface area contributed by atoms with E-state index in [1.165, 1.54) is 122 Å². The van der Waals surface area contributed by atoms with E-state index in [2.05, 4.69) is 81.5 Å². The van der Waals surface area contributed by atoms with Crippen molar-refractivity contribution in [3.63, 3.8) is 0 Å². The molecule has 62 heavy (non-hydrogen) atoms. The second kappa shape index (κ2) is 50.8. The lowest BCUT2D eigenvalue weighted by atomic mass is 10.1. The lowest BCUT2D eigenvalue weighted by Gasteiger charge is -2.18. The number of carbonyl (C=O) groups is 3. The highest BCUT2D eigenvalue weighted by molar-refractivity contribution is 5.71. The van der Waals surface area contributed by atoms with E-state index in [1.54, 1.807) is 0 Å². The predicted molar refractivity (Wildman–Crippen MR) is 265 cm³/mol. The summed E-state index contributed by atoms with van der Waals surface area (Å²) in [5.41, 5.74) is 0. The number of hydrogen-bond acceptors (Lipinski definition) is 6. The summed E-state index contributed by atoms with van der Waals surface area (Å²) in [6.07, 6.45) is 62.0. The zero-order valence-electron chi connectivity index (χ0n) is 40.9. The van der Waals surface area contributed by atoms with Crippen LogP contribution in [0.1, 0.15) is 258 Å². The van der Waals surface area contributed by atoms with Gasteiger partial charge in [0.1, 0.15) is 13.2 Å². The normalized spacial score (nSPS) is 12.5. The Morgan fingerprint density at radius 1 is 0.323 bits per heavy atom. The first-order valence-corrected chi connectivity index (χ1v) is 26.3. The molecule has 358 valence electrons. The third-order valence-electron chi connectivity index (χ3n) is 11.2. The third kappa shape index (κ3) is 48.1. The minimum absolute atomic E-state index is 0.0860. The van der Waals surface area contributed by atoms with Gasteiger partial charge in [-0.25, -0.2) is 0 Å². The summed E-state index contributed by atoms with van der Waals surface area (Å²) in [5, 5.41) is 0. The molecule has 1 atom stereocenters. The highest BCUT2D eigenvalue weighted by Crippen LogP contribution is 2.14. The molecule has 0 unspecified atom stereocenters. The Kier molecular flexibility index (Phi) is 48.4. The average molecular weight is 867 g/mol. The molecular formula is C56H98O6.